The zero-order valence-electron chi connectivity index (χ0n) is 9.05. The lowest BCUT2D eigenvalue weighted by atomic mass is 10.2. The molecule has 0 spiro atoms. The molecule has 0 radical (unpaired) electrons. The van der Waals surface area contributed by atoms with Gasteiger partial charge in [0.2, 0.25) is 0 Å². The van der Waals surface area contributed by atoms with Crippen molar-refractivity contribution in [1.82, 2.24) is 0 Å². The van der Waals surface area contributed by atoms with Crippen LogP contribution in [-0.2, 0) is 4.74 Å². The van der Waals surface area contributed by atoms with Crippen LogP contribution in [0, 0.1) is 0 Å². The van der Waals surface area contributed by atoms with Gasteiger partial charge in [-0.1, -0.05) is 6.07 Å². The van der Waals surface area contributed by atoms with Crippen LogP contribution in [-0.4, -0.2) is 32.4 Å². The van der Waals surface area contributed by atoms with Crippen LogP contribution in [0.4, 0.5) is 10.5 Å². The number of hydrogen-bond acceptors (Lipinski definition) is 4. The van der Waals surface area contributed by atoms with Crippen LogP contribution >= 0.6 is 0 Å². The lowest BCUT2D eigenvalue weighted by Crippen LogP contribution is -2.27. The Hall–Kier alpha value is -1.75. The first kappa shape index (κ1) is 10.8. The minimum absolute atomic E-state index is 0.223. The number of nitrogens with two attached hydrogens (primary N) is 1. The van der Waals surface area contributed by atoms with E-state index in [1.165, 1.54) is 0 Å². The number of benzene rings is 1. The van der Waals surface area contributed by atoms with E-state index in [9.17, 15) is 4.79 Å². The van der Waals surface area contributed by atoms with E-state index >= 15 is 0 Å². The maximum absolute atomic E-state index is 11.6. The minimum atomic E-state index is -0.358. The number of carbonyl (C=O) groups is 1. The van der Waals surface area contributed by atoms with Crippen molar-refractivity contribution in [2.75, 3.05) is 25.1 Å². The van der Waals surface area contributed by atoms with Crippen LogP contribution in [0.3, 0.4) is 0 Å². The van der Waals surface area contributed by atoms with E-state index in [2.05, 4.69) is 0 Å². The van der Waals surface area contributed by atoms with Gasteiger partial charge < -0.3 is 15.2 Å². The molecule has 1 fully saturated rings. The molecule has 1 aromatic carbocycles. The number of carbonyl (C=O) groups excluding carboxylic acids is 1. The number of cyclic esters (lactones) is 1. The minimum Gasteiger partial charge on any atom is -0.497 e. The summed E-state index contributed by atoms with van der Waals surface area (Å²) in [5, 5.41) is 0. The summed E-state index contributed by atoms with van der Waals surface area (Å²) >= 11 is 0. The molecule has 1 atom stereocenters. The van der Waals surface area contributed by atoms with E-state index in [-0.39, 0.29) is 12.2 Å². The van der Waals surface area contributed by atoms with Gasteiger partial charge in [-0.3, -0.25) is 4.90 Å². The molecule has 0 saturated carbocycles. The molecule has 1 aliphatic heterocycles. The summed E-state index contributed by atoms with van der Waals surface area (Å²) in [6, 6.07) is 7.28. The summed E-state index contributed by atoms with van der Waals surface area (Å²) in [5.74, 6) is 0.710. The summed E-state index contributed by atoms with van der Waals surface area (Å²) in [4.78, 5) is 13.1. The molecule has 86 valence electrons. The zero-order valence-corrected chi connectivity index (χ0v) is 9.05. The third-order valence-electron chi connectivity index (χ3n) is 2.50. The Morgan fingerprint density at radius 2 is 2.44 bits per heavy atom. The fraction of sp³-hybridized carbons (Fsp3) is 0.364. The van der Waals surface area contributed by atoms with Crippen LogP contribution in [0.5, 0.6) is 5.75 Å². The normalized spacial score (nSPS) is 19.8. The molecule has 5 nitrogen and oxygen atoms in total. The van der Waals surface area contributed by atoms with E-state index in [1.54, 1.807) is 18.1 Å². The quantitative estimate of drug-likeness (QED) is 0.828. The van der Waals surface area contributed by atoms with Gasteiger partial charge in [0.05, 0.1) is 19.3 Å². The van der Waals surface area contributed by atoms with Gasteiger partial charge in [-0.15, -0.1) is 0 Å². The number of methoxy groups -OCH3 is 1. The molecule has 1 amide bonds. The molecular formula is C11H14N2O3. The molecular weight excluding hydrogens is 208 g/mol. The van der Waals surface area contributed by atoms with Crippen molar-refractivity contribution in [3.63, 3.8) is 0 Å². The Labute approximate surface area is 93.7 Å². The standard InChI is InChI=1S/C11H14N2O3/c1-15-9-4-2-3-8(5-9)13-7-10(6-12)16-11(13)14/h2-5,10H,6-7,12H2,1H3. The molecule has 1 aliphatic rings. The summed E-state index contributed by atoms with van der Waals surface area (Å²) in [5.41, 5.74) is 6.23. The highest BCUT2D eigenvalue weighted by atomic mass is 16.6. The second-order valence-corrected chi connectivity index (χ2v) is 3.55. The molecule has 0 bridgehead atoms. The Bertz CT molecular complexity index is 395. The smallest absolute Gasteiger partial charge is 0.414 e. The van der Waals surface area contributed by atoms with Crippen LogP contribution in [0.1, 0.15) is 0 Å². The first-order valence-electron chi connectivity index (χ1n) is 5.07. The van der Waals surface area contributed by atoms with Crippen molar-refractivity contribution in [1.29, 1.82) is 0 Å². The number of amides is 1. The predicted octanol–water partition coefficient (Wildman–Crippen LogP) is 0.979. The van der Waals surface area contributed by atoms with Gasteiger partial charge in [0.25, 0.3) is 0 Å². The third kappa shape index (κ3) is 1.94. The predicted molar refractivity (Wildman–Crippen MR) is 59.7 cm³/mol. The van der Waals surface area contributed by atoms with E-state index in [1.807, 2.05) is 18.2 Å². The lowest BCUT2D eigenvalue weighted by Gasteiger charge is -2.13. The van der Waals surface area contributed by atoms with Crippen LogP contribution in [0.2, 0.25) is 0 Å². The summed E-state index contributed by atoms with van der Waals surface area (Å²) in [6.07, 6.45) is -0.581. The van der Waals surface area contributed by atoms with Crippen molar-refractivity contribution in [3.8, 4) is 5.75 Å². The van der Waals surface area contributed by atoms with Crippen molar-refractivity contribution >= 4 is 11.8 Å². The molecule has 1 unspecified atom stereocenters. The molecule has 1 saturated heterocycles. The van der Waals surface area contributed by atoms with Gasteiger partial charge in [0.1, 0.15) is 11.9 Å². The first-order valence-corrected chi connectivity index (χ1v) is 5.07. The second kappa shape index (κ2) is 4.40. The molecule has 2 N–H and O–H groups in total. The SMILES string of the molecule is COc1cccc(N2CC(CN)OC2=O)c1. The highest BCUT2D eigenvalue weighted by Gasteiger charge is 2.31. The average Bonchev–Trinajstić information content (AvgIpc) is 2.71. The van der Waals surface area contributed by atoms with Crippen LogP contribution < -0.4 is 15.4 Å². The highest BCUT2D eigenvalue weighted by Crippen LogP contribution is 2.24. The third-order valence-corrected chi connectivity index (χ3v) is 2.50. The molecule has 2 rings (SSSR count). The van der Waals surface area contributed by atoms with E-state index in [0.29, 0.717) is 18.8 Å². The average molecular weight is 222 g/mol. The summed E-state index contributed by atoms with van der Waals surface area (Å²) in [6.45, 7) is 0.828. The van der Waals surface area contributed by atoms with Gasteiger partial charge in [-0.05, 0) is 12.1 Å². The Kier molecular flexibility index (Phi) is 2.96. The van der Waals surface area contributed by atoms with E-state index in [0.717, 1.165) is 5.69 Å². The van der Waals surface area contributed by atoms with Gasteiger partial charge in [-0.2, -0.15) is 0 Å². The molecule has 1 heterocycles. The lowest BCUT2D eigenvalue weighted by molar-refractivity contribution is 0.145. The number of rotatable bonds is 3. The fourth-order valence-corrected chi connectivity index (χ4v) is 1.63. The summed E-state index contributed by atoms with van der Waals surface area (Å²) < 4.78 is 10.2. The van der Waals surface area contributed by atoms with Gasteiger partial charge in [-0.25, -0.2) is 4.79 Å². The van der Waals surface area contributed by atoms with Crippen LogP contribution in [0.15, 0.2) is 24.3 Å². The molecule has 0 aliphatic carbocycles. The van der Waals surface area contributed by atoms with Crippen molar-refractivity contribution < 1.29 is 14.3 Å². The van der Waals surface area contributed by atoms with Gasteiger partial charge >= 0.3 is 6.09 Å². The number of nitrogens with zero attached hydrogens (tertiary/aromatic N) is 1. The molecule has 16 heavy (non-hydrogen) atoms. The highest BCUT2D eigenvalue weighted by molar-refractivity contribution is 5.89. The van der Waals surface area contributed by atoms with Gasteiger partial charge in [0.15, 0.2) is 0 Å². The first-order chi connectivity index (χ1) is 7.74. The van der Waals surface area contributed by atoms with E-state index < -0.39 is 0 Å². The number of anilines is 1. The Morgan fingerprint density at radius 3 is 3.06 bits per heavy atom. The van der Waals surface area contributed by atoms with Gasteiger partial charge in [0, 0.05) is 12.6 Å². The van der Waals surface area contributed by atoms with Crippen molar-refractivity contribution in [3.05, 3.63) is 24.3 Å². The van der Waals surface area contributed by atoms with Crippen LogP contribution in [0.25, 0.3) is 0 Å². The second-order valence-electron chi connectivity index (χ2n) is 3.55. The maximum atomic E-state index is 11.6. The molecule has 0 aromatic heterocycles. The van der Waals surface area contributed by atoms with E-state index in [4.69, 9.17) is 15.2 Å². The fourth-order valence-electron chi connectivity index (χ4n) is 1.63. The zero-order chi connectivity index (χ0) is 11.5. The van der Waals surface area contributed by atoms with Crippen molar-refractivity contribution in [2.45, 2.75) is 6.10 Å². The molecule has 1 aromatic rings. The number of ether oxygens (including phenoxy) is 2. The monoisotopic (exact) mass is 222 g/mol. The van der Waals surface area contributed by atoms with Crippen molar-refractivity contribution in [2.24, 2.45) is 5.73 Å². The molecule has 5 heteroatoms. The number of hydrogen-bond donors (Lipinski definition) is 1. The Balaban J connectivity index is 2.20. The summed E-state index contributed by atoms with van der Waals surface area (Å²) in [7, 11) is 1.59. The largest absolute Gasteiger partial charge is 0.497 e. The Morgan fingerprint density at radius 1 is 1.62 bits per heavy atom. The topological polar surface area (TPSA) is 64.8 Å². The maximum Gasteiger partial charge on any atom is 0.414 e.